The second kappa shape index (κ2) is 7.03. The topological polar surface area (TPSA) is 50.8 Å². The number of hydrogen-bond donors (Lipinski definition) is 1. The molecule has 0 unspecified atom stereocenters. The highest BCUT2D eigenvalue weighted by molar-refractivity contribution is 5.81. The van der Waals surface area contributed by atoms with E-state index in [1.54, 1.807) is 4.90 Å². The number of fused-ring (bicyclic) bond motifs is 1. The molecule has 0 radical (unpaired) electrons. The molecule has 0 atom stereocenters. The predicted molar refractivity (Wildman–Crippen MR) is 78.5 cm³/mol. The Balaban J connectivity index is 1.96. The van der Waals surface area contributed by atoms with E-state index in [4.69, 9.17) is 9.47 Å². The summed E-state index contributed by atoms with van der Waals surface area (Å²) in [4.78, 5) is 13.7. The third-order valence-corrected chi connectivity index (χ3v) is 3.31. The van der Waals surface area contributed by atoms with Crippen LogP contribution in [0, 0.1) is 0 Å². The summed E-state index contributed by atoms with van der Waals surface area (Å²) < 4.78 is 11.2. The molecule has 0 bridgehead atoms. The van der Waals surface area contributed by atoms with Gasteiger partial charge in [0.25, 0.3) is 0 Å². The molecule has 0 aromatic heterocycles. The molecular weight excluding hydrogens is 256 g/mol. The van der Waals surface area contributed by atoms with Gasteiger partial charge in [0.05, 0.1) is 19.8 Å². The predicted octanol–water partition coefficient (Wildman–Crippen LogP) is 2.13. The molecule has 1 aromatic carbocycles. The molecule has 2 rings (SSSR count). The SMILES string of the molecule is CCN(CC)C(=O)CNc1ccc2c(c1)OCCCO2. The van der Waals surface area contributed by atoms with E-state index in [1.807, 2.05) is 32.0 Å². The number of hydrogen-bond acceptors (Lipinski definition) is 4. The number of nitrogens with one attached hydrogen (secondary N) is 1. The standard InChI is InChI=1S/C15H22N2O3/c1-3-17(4-2)15(18)11-16-12-6-7-13-14(10-12)20-9-5-8-19-13/h6-7,10,16H,3-5,8-9,11H2,1-2H3. The zero-order valence-electron chi connectivity index (χ0n) is 12.1. The van der Waals surface area contributed by atoms with Crippen molar-refractivity contribution in [2.45, 2.75) is 20.3 Å². The van der Waals surface area contributed by atoms with Gasteiger partial charge in [0, 0.05) is 31.3 Å². The fraction of sp³-hybridized carbons (Fsp3) is 0.533. The van der Waals surface area contributed by atoms with Gasteiger partial charge in [-0.2, -0.15) is 0 Å². The van der Waals surface area contributed by atoms with Gasteiger partial charge in [0.2, 0.25) is 5.91 Å². The fourth-order valence-corrected chi connectivity index (χ4v) is 2.14. The van der Waals surface area contributed by atoms with E-state index in [2.05, 4.69) is 5.32 Å². The van der Waals surface area contributed by atoms with Crippen LogP contribution in [-0.4, -0.2) is 43.7 Å². The molecule has 110 valence electrons. The van der Waals surface area contributed by atoms with Crippen molar-refractivity contribution in [2.75, 3.05) is 38.2 Å². The van der Waals surface area contributed by atoms with Crippen LogP contribution in [0.25, 0.3) is 0 Å². The highest BCUT2D eigenvalue weighted by atomic mass is 16.5. The molecule has 0 saturated carbocycles. The van der Waals surface area contributed by atoms with Crippen LogP contribution in [0.2, 0.25) is 0 Å². The number of likely N-dealkylation sites (N-methyl/N-ethyl adjacent to an activating group) is 1. The van der Waals surface area contributed by atoms with E-state index < -0.39 is 0 Å². The van der Waals surface area contributed by atoms with Gasteiger partial charge in [-0.1, -0.05) is 0 Å². The quantitative estimate of drug-likeness (QED) is 0.896. The summed E-state index contributed by atoms with van der Waals surface area (Å²) in [5.74, 6) is 1.60. The van der Waals surface area contributed by atoms with Crippen LogP contribution in [0.4, 0.5) is 5.69 Å². The second-order valence-corrected chi connectivity index (χ2v) is 4.63. The molecule has 5 heteroatoms. The van der Waals surface area contributed by atoms with Crippen molar-refractivity contribution < 1.29 is 14.3 Å². The van der Waals surface area contributed by atoms with Gasteiger partial charge in [-0.15, -0.1) is 0 Å². The zero-order valence-corrected chi connectivity index (χ0v) is 12.1. The first kappa shape index (κ1) is 14.5. The highest BCUT2D eigenvalue weighted by Gasteiger charge is 2.12. The lowest BCUT2D eigenvalue weighted by Crippen LogP contribution is -2.35. The zero-order chi connectivity index (χ0) is 14.4. The normalized spacial score (nSPS) is 13.5. The molecule has 0 fully saturated rings. The van der Waals surface area contributed by atoms with Gasteiger partial charge in [-0.05, 0) is 26.0 Å². The average molecular weight is 278 g/mol. The molecule has 0 aliphatic carbocycles. The Morgan fingerprint density at radius 1 is 1.20 bits per heavy atom. The Hall–Kier alpha value is -1.91. The van der Waals surface area contributed by atoms with Crippen LogP contribution < -0.4 is 14.8 Å². The summed E-state index contributed by atoms with van der Waals surface area (Å²) in [6, 6.07) is 5.67. The summed E-state index contributed by atoms with van der Waals surface area (Å²) >= 11 is 0. The Kier molecular flexibility index (Phi) is 5.09. The van der Waals surface area contributed by atoms with E-state index in [0.717, 1.165) is 36.7 Å². The van der Waals surface area contributed by atoms with Gasteiger partial charge >= 0.3 is 0 Å². The summed E-state index contributed by atoms with van der Waals surface area (Å²) in [5.41, 5.74) is 0.870. The van der Waals surface area contributed by atoms with Crippen LogP contribution in [0.3, 0.4) is 0 Å². The van der Waals surface area contributed by atoms with Crippen LogP contribution in [0.5, 0.6) is 11.5 Å². The summed E-state index contributed by atoms with van der Waals surface area (Å²) in [6.07, 6.45) is 0.887. The maximum atomic E-state index is 11.9. The van der Waals surface area contributed by atoms with E-state index in [1.165, 1.54) is 0 Å². The number of benzene rings is 1. The molecule has 20 heavy (non-hydrogen) atoms. The van der Waals surface area contributed by atoms with Crippen molar-refractivity contribution in [1.29, 1.82) is 0 Å². The number of carbonyl (C=O) groups is 1. The first-order valence-electron chi connectivity index (χ1n) is 7.16. The number of amides is 1. The van der Waals surface area contributed by atoms with Crippen LogP contribution in [-0.2, 0) is 4.79 Å². The van der Waals surface area contributed by atoms with Gasteiger partial charge in [0.15, 0.2) is 11.5 Å². The third kappa shape index (κ3) is 3.56. The Labute approximate surface area is 119 Å². The van der Waals surface area contributed by atoms with E-state index >= 15 is 0 Å². The monoisotopic (exact) mass is 278 g/mol. The molecule has 0 saturated heterocycles. The average Bonchev–Trinajstić information content (AvgIpc) is 2.71. The molecule has 1 aliphatic rings. The number of rotatable bonds is 5. The molecule has 0 spiro atoms. The highest BCUT2D eigenvalue weighted by Crippen LogP contribution is 2.32. The molecular formula is C15H22N2O3. The molecule has 1 N–H and O–H groups in total. The summed E-state index contributed by atoms with van der Waals surface area (Å²) in [7, 11) is 0. The fourth-order valence-electron chi connectivity index (χ4n) is 2.14. The van der Waals surface area contributed by atoms with E-state index in [-0.39, 0.29) is 5.91 Å². The van der Waals surface area contributed by atoms with Crippen molar-refractivity contribution in [2.24, 2.45) is 0 Å². The summed E-state index contributed by atoms with van der Waals surface area (Å²) in [5, 5.41) is 3.14. The van der Waals surface area contributed by atoms with E-state index in [9.17, 15) is 4.79 Å². The van der Waals surface area contributed by atoms with Crippen molar-refractivity contribution in [3.63, 3.8) is 0 Å². The van der Waals surface area contributed by atoms with Crippen LogP contribution >= 0.6 is 0 Å². The first-order valence-corrected chi connectivity index (χ1v) is 7.16. The molecule has 1 heterocycles. The van der Waals surface area contributed by atoms with Crippen molar-refractivity contribution in [1.82, 2.24) is 4.90 Å². The second-order valence-electron chi connectivity index (χ2n) is 4.63. The first-order chi connectivity index (χ1) is 9.74. The lowest BCUT2D eigenvalue weighted by Gasteiger charge is -2.19. The number of anilines is 1. The largest absolute Gasteiger partial charge is 0.490 e. The Morgan fingerprint density at radius 3 is 2.60 bits per heavy atom. The van der Waals surface area contributed by atoms with Crippen molar-refractivity contribution in [3.8, 4) is 11.5 Å². The maximum absolute atomic E-state index is 11.9. The van der Waals surface area contributed by atoms with Gasteiger partial charge < -0.3 is 19.7 Å². The van der Waals surface area contributed by atoms with E-state index in [0.29, 0.717) is 19.8 Å². The Bertz CT molecular complexity index is 458. The minimum absolute atomic E-state index is 0.0992. The lowest BCUT2D eigenvalue weighted by molar-refractivity contribution is -0.128. The van der Waals surface area contributed by atoms with Gasteiger partial charge in [-0.3, -0.25) is 4.79 Å². The summed E-state index contributed by atoms with van der Waals surface area (Å²) in [6.45, 7) is 7.07. The lowest BCUT2D eigenvalue weighted by atomic mass is 10.2. The van der Waals surface area contributed by atoms with Crippen molar-refractivity contribution in [3.05, 3.63) is 18.2 Å². The number of ether oxygens (including phenoxy) is 2. The smallest absolute Gasteiger partial charge is 0.241 e. The minimum atomic E-state index is 0.0992. The van der Waals surface area contributed by atoms with Crippen molar-refractivity contribution >= 4 is 11.6 Å². The molecule has 1 aromatic rings. The molecule has 1 aliphatic heterocycles. The third-order valence-electron chi connectivity index (χ3n) is 3.31. The number of nitrogens with zero attached hydrogens (tertiary/aromatic N) is 1. The minimum Gasteiger partial charge on any atom is -0.490 e. The van der Waals surface area contributed by atoms with Gasteiger partial charge in [0.1, 0.15) is 0 Å². The maximum Gasteiger partial charge on any atom is 0.241 e. The van der Waals surface area contributed by atoms with Gasteiger partial charge in [-0.25, -0.2) is 0 Å². The molecule has 5 nitrogen and oxygen atoms in total. The number of carbonyl (C=O) groups excluding carboxylic acids is 1. The Morgan fingerprint density at radius 2 is 1.90 bits per heavy atom. The van der Waals surface area contributed by atoms with Crippen LogP contribution in [0.15, 0.2) is 18.2 Å². The molecule has 1 amide bonds. The van der Waals surface area contributed by atoms with Crippen LogP contribution in [0.1, 0.15) is 20.3 Å².